The van der Waals surface area contributed by atoms with Gasteiger partial charge >= 0.3 is 16.3 Å². The first-order chi connectivity index (χ1) is 7.21. The van der Waals surface area contributed by atoms with Gasteiger partial charge in [-0.15, -0.1) is 4.31 Å². The van der Waals surface area contributed by atoms with Gasteiger partial charge in [-0.2, -0.15) is 23.4 Å². The summed E-state index contributed by atoms with van der Waals surface area (Å²) in [5.41, 5.74) is 15.0. The number of hydrogen-bond acceptors (Lipinski definition) is 8. The van der Waals surface area contributed by atoms with Crippen LogP contribution in [0.4, 0.5) is 22.6 Å². The lowest BCUT2D eigenvalue weighted by atomic mass is 10.8. The lowest BCUT2D eigenvalue weighted by Crippen LogP contribution is -2.41. The minimum Gasteiger partial charge on any atom is -0.368 e. The number of carbonyl (C=O) groups excluding carboxylic acids is 1. The van der Waals surface area contributed by atoms with Crippen LogP contribution in [-0.2, 0) is 10.3 Å². The maximum atomic E-state index is 10.8. The number of nitrogens with two attached hydrogens (primary N) is 3. The molecule has 88 valence electrons. The van der Waals surface area contributed by atoms with Gasteiger partial charge in [-0.3, -0.25) is 4.55 Å². The molecule has 0 aliphatic rings. The Labute approximate surface area is 89.2 Å². The first-order valence-corrected chi connectivity index (χ1v) is 4.95. The van der Waals surface area contributed by atoms with Crippen LogP contribution in [-0.4, -0.2) is 34.0 Å². The molecule has 7 N–H and O–H groups in total. The standard InChI is InChI=1S/C4H7N7O4S/c5-1-8-2(6)10-4(9-1)11(3(7)12)16(13,14)15/h(H2,7,12)(H,13,14,15)(H4,5,6,8,9,10). The van der Waals surface area contributed by atoms with Crippen molar-refractivity contribution in [3.63, 3.8) is 0 Å². The number of nitrogen functional groups attached to an aromatic ring is 2. The average molecular weight is 249 g/mol. The van der Waals surface area contributed by atoms with Gasteiger partial charge in [-0.05, 0) is 0 Å². The zero-order valence-electron chi connectivity index (χ0n) is 7.60. The quantitative estimate of drug-likeness (QED) is 0.418. The summed E-state index contributed by atoms with van der Waals surface area (Å²) in [4.78, 5) is 20.7. The SMILES string of the molecule is NC(=O)N(c1nc(N)nc(N)n1)S(=O)(=O)O. The molecule has 0 spiro atoms. The van der Waals surface area contributed by atoms with E-state index in [1.54, 1.807) is 0 Å². The summed E-state index contributed by atoms with van der Waals surface area (Å²) in [6.45, 7) is 0. The van der Waals surface area contributed by atoms with Gasteiger partial charge in [0.25, 0.3) is 5.95 Å². The second-order valence-electron chi connectivity index (χ2n) is 2.43. The predicted octanol–water partition coefficient (Wildman–Crippen LogP) is -2.28. The second-order valence-corrected chi connectivity index (χ2v) is 3.69. The fraction of sp³-hybridized carbons (Fsp3) is 0. The molecule has 0 bridgehead atoms. The summed E-state index contributed by atoms with van der Waals surface area (Å²) in [5.74, 6) is -1.66. The number of rotatable bonds is 2. The topological polar surface area (TPSA) is 191 Å². The van der Waals surface area contributed by atoms with Crippen LogP contribution >= 0.6 is 0 Å². The van der Waals surface area contributed by atoms with Crippen LogP contribution in [0.15, 0.2) is 0 Å². The lowest BCUT2D eigenvalue weighted by molar-refractivity contribution is 0.256. The van der Waals surface area contributed by atoms with Crippen molar-refractivity contribution in [2.24, 2.45) is 5.73 Å². The fourth-order valence-electron chi connectivity index (χ4n) is 0.804. The van der Waals surface area contributed by atoms with Crippen molar-refractivity contribution in [2.45, 2.75) is 0 Å². The Morgan fingerprint density at radius 3 is 1.94 bits per heavy atom. The first kappa shape index (κ1) is 11.9. The minimum absolute atomic E-state index is 0.276. The van der Waals surface area contributed by atoms with Crippen LogP contribution in [0.3, 0.4) is 0 Å². The molecule has 0 aromatic carbocycles. The Hall–Kier alpha value is -2.21. The Morgan fingerprint density at radius 2 is 1.62 bits per heavy atom. The Balaban J connectivity index is 3.38. The van der Waals surface area contributed by atoms with Crippen molar-refractivity contribution < 1.29 is 17.8 Å². The van der Waals surface area contributed by atoms with Crippen molar-refractivity contribution >= 4 is 34.2 Å². The van der Waals surface area contributed by atoms with E-state index in [2.05, 4.69) is 15.0 Å². The molecule has 12 heteroatoms. The molecule has 1 heterocycles. The van der Waals surface area contributed by atoms with Gasteiger partial charge in [0.2, 0.25) is 11.9 Å². The molecule has 0 unspecified atom stereocenters. The monoisotopic (exact) mass is 249 g/mol. The third-order valence-corrected chi connectivity index (χ3v) is 2.08. The molecule has 2 amide bonds. The van der Waals surface area contributed by atoms with Gasteiger partial charge in [0.05, 0.1) is 0 Å². The fourth-order valence-corrected chi connectivity index (χ4v) is 1.32. The van der Waals surface area contributed by atoms with E-state index in [0.29, 0.717) is 0 Å². The van der Waals surface area contributed by atoms with Gasteiger partial charge in [-0.25, -0.2) is 4.79 Å². The average Bonchev–Trinajstić information content (AvgIpc) is 1.96. The number of hydrogen-bond donors (Lipinski definition) is 4. The molecule has 0 aliphatic heterocycles. The second kappa shape index (κ2) is 3.74. The number of primary amides is 1. The molecule has 0 saturated heterocycles. The van der Waals surface area contributed by atoms with Gasteiger partial charge < -0.3 is 17.2 Å². The Morgan fingerprint density at radius 1 is 1.19 bits per heavy atom. The molecule has 16 heavy (non-hydrogen) atoms. The van der Waals surface area contributed by atoms with Gasteiger partial charge in [-0.1, -0.05) is 0 Å². The summed E-state index contributed by atoms with van der Waals surface area (Å²) >= 11 is 0. The molecule has 0 atom stereocenters. The molecule has 1 aromatic rings. The zero-order chi connectivity index (χ0) is 12.5. The zero-order valence-corrected chi connectivity index (χ0v) is 8.42. The van der Waals surface area contributed by atoms with E-state index in [0.717, 1.165) is 0 Å². The maximum Gasteiger partial charge on any atom is 0.370 e. The molecule has 0 saturated carbocycles. The number of aromatic nitrogens is 3. The summed E-state index contributed by atoms with van der Waals surface area (Å²) < 4.78 is 30.0. The smallest absolute Gasteiger partial charge is 0.368 e. The molecule has 0 aliphatic carbocycles. The highest BCUT2D eigenvalue weighted by Crippen LogP contribution is 2.12. The normalized spacial score (nSPS) is 11.1. The summed E-state index contributed by atoms with van der Waals surface area (Å²) in [6, 6.07) is -1.52. The van der Waals surface area contributed by atoms with Crippen molar-refractivity contribution in [3.05, 3.63) is 0 Å². The van der Waals surface area contributed by atoms with Crippen LogP contribution in [0.1, 0.15) is 0 Å². The van der Waals surface area contributed by atoms with Gasteiger partial charge in [0.15, 0.2) is 0 Å². The Kier molecular flexibility index (Phi) is 2.78. The molecular formula is C4H7N7O4S. The summed E-state index contributed by atoms with van der Waals surface area (Å²) in [7, 11) is -4.96. The van der Waals surface area contributed by atoms with E-state index in [4.69, 9.17) is 21.8 Å². The highest BCUT2D eigenvalue weighted by Gasteiger charge is 2.28. The highest BCUT2D eigenvalue weighted by molar-refractivity contribution is 7.88. The van der Waals surface area contributed by atoms with E-state index >= 15 is 0 Å². The predicted molar refractivity (Wildman–Crippen MR) is 52.3 cm³/mol. The largest absolute Gasteiger partial charge is 0.370 e. The summed E-state index contributed by atoms with van der Waals surface area (Å²) in [6.07, 6.45) is 0. The van der Waals surface area contributed by atoms with Crippen LogP contribution in [0.5, 0.6) is 0 Å². The minimum atomic E-state index is -4.96. The number of carbonyl (C=O) groups is 1. The van der Waals surface area contributed by atoms with Gasteiger partial charge in [0.1, 0.15) is 0 Å². The van der Waals surface area contributed by atoms with E-state index in [-0.39, 0.29) is 4.31 Å². The van der Waals surface area contributed by atoms with E-state index in [1.165, 1.54) is 0 Å². The molecule has 1 rings (SSSR count). The van der Waals surface area contributed by atoms with Crippen molar-refractivity contribution in [3.8, 4) is 0 Å². The maximum absolute atomic E-state index is 10.8. The van der Waals surface area contributed by atoms with Gasteiger partial charge in [0, 0.05) is 0 Å². The molecule has 0 fully saturated rings. The number of anilines is 3. The molecule has 0 radical (unpaired) electrons. The molecule has 1 aromatic heterocycles. The number of nitrogens with zero attached hydrogens (tertiary/aromatic N) is 4. The van der Waals surface area contributed by atoms with Crippen LogP contribution in [0, 0.1) is 0 Å². The summed E-state index contributed by atoms with van der Waals surface area (Å²) in [5, 5.41) is 0. The van der Waals surface area contributed by atoms with Crippen LogP contribution < -0.4 is 21.5 Å². The van der Waals surface area contributed by atoms with Crippen molar-refractivity contribution in [1.82, 2.24) is 15.0 Å². The van der Waals surface area contributed by atoms with Crippen LogP contribution in [0.25, 0.3) is 0 Å². The van der Waals surface area contributed by atoms with E-state index < -0.39 is 34.2 Å². The third-order valence-electron chi connectivity index (χ3n) is 1.27. The number of urea groups is 1. The number of amides is 2. The Bertz CT molecular complexity index is 507. The first-order valence-electron chi connectivity index (χ1n) is 3.56. The van der Waals surface area contributed by atoms with Crippen molar-refractivity contribution in [1.29, 1.82) is 0 Å². The van der Waals surface area contributed by atoms with Crippen molar-refractivity contribution in [2.75, 3.05) is 15.8 Å². The van der Waals surface area contributed by atoms with E-state index in [1.807, 2.05) is 0 Å². The third kappa shape index (κ3) is 2.43. The molecule has 11 nitrogen and oxygen atoms in total. The van der Waals surface area contributed by atoms with E-state index in [9.17, 15) is 13.2 Å². The van der Waals surface area contributed by atoms with Crippen LogP contribution in [0.2, 0.25) is 0 Å². The highest BCUT2D eigenvalue weighted by atomic mass is 32.2. The molecular weight excluding hydrogens is 242 g/mol. The lowest BCUT2D eigenvalue weighted by Gasteiger charge is -2.13.